The molecule has 0 fully saturated rings. The minimum Gasteiger partial charge on any atom is -0.360 e. The number of rotatable bonds is 6. The molecule has 0 radical (unpaired) electrons. The van der Waals surface area contributed by atoms with E-state index in [1.54, 1.807) is 0 Å². The van der Waals surface area contributed by atoms with Crippen LogP contribution in [0.4, 0.5) is 5.69 Å². The minimum absolute atomic E-state index is 0.00465. The van der Waals surface area contributed by atoms with Gasteiger partial charge in [-0.1, -0.05) is 91.0 Å². The molecule has 4 rings (SSSR count). The average Bonchev–Trinajstić information content (AvgIpc) is 2.84. The van der Waals surface area contributed by atoms with Crippen molar-refractivity contribution in [2.75, 3.05) is 5.32 Å². The Labute approximate surface area is 181 Å². The van der Waals surface area contributed by atoms with Gasteiger partial charge in [0, 0.05) is 11.9 Å². The number of nitrogens with zero attached hydrogens (tertiary/aromatic N) is 1. The summed E-state index contributed by atoms with van der Waals surface area (Å²) < 4.78 is 0. The molecular formula is C27H21N3O. The highest BCUT2D eigenvalue weighted by Gasteiger charge is 2.19. The summed E-state index contributed by atoms with van der Waals surface area (Å²) in [5.74, 6) is -0.437. The molecule has 0 aromatic heterocycles. The van der Waals surface area contributed by atoms with Crippen LogP contribution < -0.4 is 10.6 Å². The van der Waals surface area contributed by atoms with E-state index in [2.05, 4.69) is 10.6 Å². The van der Waals surface area contributed by atoms with Crippen molar-refractivity contribution in [2.24, 2.45) is 0 Å². The van der Waals surface area contributed by atoms with Gasteiger partial charge in [-0.25, -0.2) is 0 Å². The van der Waals surface area contributed by atoms with Gasteiger partial charge >= 0.3 is 0 Å². The van der Waals surface area contributed by atoms with Gasteiger partial charge in [-0.2, -0.15) is 5.26 Å². The number of hydrogen-bond donors (Lipinski definition) is 2. The average molecular weight is 403 g/mol. The van der Waals surface area contributed by atoms with E-state index in [1.807, 2.05) is 109 Å². The lowest BCUT2D eigenvalue weighted by Gasteiger charge is -2.19. The van der Waals surface area contributed by atoms with Crippen molar-refractivity contribution in [2.45, 2.75) is 6.04 Å². The van der Waals surface area contributed by atoms with Crippen LogP contribution in [-0.4, -0.2) is 5.91 Å². The van der Waals surface area contributed by atoms with Gasteiger partial charge in [0.1, 0.15) is 11.6 Å². The van der Waals surface area contributed by atoms with Crippen LogP contribution in [0.5, 0.6) is 0 Å². The summed E-state index contributed by atoms with van der Waals surface area (Å²) in [6.45, 7) is 0. The highest BCUT2D eigenvalue weighted by Crippen LogP contribution is 2.22. The molecule has 4 aromatic carbocycles. The van der Waals surface area contributed by atoms with Crippen LogP contribution in [0.3, 0.4) is 0 Å². The maximum absolute atomic E-state index is 12.9. The van der Waals surface area contributed by atoms with Gasteiger partial charge in [-0.05, 0) is 34.0 Å². The topological polar surface area (TPSA) is 64.9 Å². The molecule has 0 bridgehead atoms. The first-order valence-electron chi connectivity index (χ1n) is 10.0. The van der Waals surface area contributed by atoms with Crippen LogP contribution in [0.25, 0.3) is 10.8 Å². The van der Waals surface area contributed by atoms with Gasteiger partial charge in [0.2, 0.25) is 0 Å². The standard InChI is InChI=1S/C27H21N3O/c28-18-24(19-29-25-16-15-20-9-7-8-14-23(20)17-25)27(31)30-26(21-10-3-1-4-11-21)22-12-5-2-6-13-22/h1-17,19,26,29H,(H,30,31)/b24-19-. The summed E-state index contributed by atoms with van der Waals surface area (Å²) in [5, 5.41) is 17.9. The first-order chi connectivity index (χ1) is 15.2. The van der Waals surface area contributed by atoms with Crippen molar-refractivity contribution in [1.29, 1.82) is 5.26 Å². The lowest BCUT2D eigenvalue weighted by molar-refractivity contribution is -0.117. The van der Waals surface area contributed by atoms with E-state index in [0.29, 0.717) is 0 Å². The first kappa shape index (κ1) is 19.9. The zero-order chi connectivity index (χ0) is 21.5. The molecule has 4 nitrogen and oxygen atoms in total. The molecule has 4 aromatic rings. The Kier molecular flexibility index (Phi) is 6.06. The van der Waals surface area contributed by atoms with Crippen LogP contribution in [0.1, 0.15) is 17.2 Å². The molecule has 0 unspecified atom stereocenters. The van der Waals surface area contributed by atoms with E-state index in [9.17, 15) is 10.1 Å². The molecule has 0 saturated carbocycles. The number of fused-ring (bicyclic) bond motifs is 1. The highest BCUT2D eigenvalue weighted by molar-refractivity contribution is 5.98. The fourth-order valence-corrected chi connectivity index (χ4v) is 3.44. The molecule has 1 amide bonds. The van der Waals surface area contributed by atoms with E-state index in [1.165, 1.54) is 6.20 Å². The summed E-state index contributed by atoms with van der Waals surface area (Å²) in [6, 6.07) is 35.0. The normalized spacial score (nSPS) is 11.2. The van der Waals surface area contributed by atoms with Crippen molar-refractivity contribution < 1.29 is 4.79 Å². The van der Waals surface area contributed by atoms with Crippen molar-refractivity contribution >= 4 is 22.4 Å². The zero-order valence-electron chi connectivity index (χ0n) is 16.8. The van der Waals surface area contributed by atoms with Gasteiger partial charge in [-0.3, -0.25) is 4.79 Å². The van der Waals surface area contributed by atoms with Crippen LogP contribution in [0, 0.1) is 11.3 Å². The Hall–Kier alpha value is -4.36. The van der Waals surface area contributed by atoms with Gasteiger partial charge in [-0.15, -0.1) is 0 Å². The number of nitrogens with one attached hydrogen (secondary N) is 2. The second kappa shape index (κ2) is 9.43. The number of nitriles is 1. The van der Waals surface area contributed by atoms with Crippen molar-refractivity contribution in [3.8, 4) is 6.07 Å². The van der Waals surface area contributed by atoms with E-state index in [-0.39, 0.29) is 11.6 Å². The van der Waals surface area contributed by atoms with Gasteiger partial charge in [0.25, 0.3) is 5.91 Å². The van der Waals surface area contributed by atoms with E-state index >= 15 is 0 Å². The molecule has 150 valence electrons. The molecule has 31 heavy (non-hydrogen) atoms. The first-order valence-corrected chi connectivity index (χ1v) is 10.0. The summed E-state index contributed by atoms with van der Waals surface area (Å²) in [5.41, 5.74) is 2.70. The lowest BCUT2D eigenvalue weighted by Crippen LogP contribution is -2.30. The highest BCUT2D eigenvalue weighted by atomic mass is 16.1. The van der Waals surface area contributed by atoms with Crippen LogP contribution in [0.15, 0.2) is 115 Å². The molecule has 0 atom stereocenters. The van der Waals surface area contributed by atoms with E-state index < -0.39 is 5.91 Å². The Morgan fingerprint density at radius 3 is 1.97 bits per heavy atom. The SMILES string of the molecule is N#C/C(=C/Nc1ccc2ccccc2c1)C(=O)NC(c1ccccc1)c1ccccc1. The number of carbonyl (C=O) groups is 1. The summed E-state index contributed by atoms with van der Waals surface area (Å²) in [6.07, 6.45) is 1.45. The molecular weight excluding hydrogens is 382 g/mol. The number of anilines is 1. The third-order valence-electron chi connectivity index (χ3n) is 5.04. The number of amides is 1. The van der Waals surface area contributed by atoms with Gasteiger partial charge in [0.05, 0.1) is 6.04 Å². The number of carbonyl (C=O) groups excluding carboxylic acids is 1. The Balaban J connectivity index is 1.55. The predicted molar refractivity (Wildman–Crippen MR) is 124 cm³/mol. The van der Waals surface area contributed by atoms with Crippen LogP contribution in [0.2, 0.25) is 0 Å². The second-order valence-electron chi connectivity index (χ2n) is 7.10. The summed E-state index contributed by atoms with van der Waals surface area (Å²) >= 11 is 0. The van der Waals surface area contributed by atoms with Gasteiger partial charge in [0.15, 0.2) is 0 Å². The number of hydrogen-bond acceptors (Lipinski definition) is 3. The van der Waals surface area contributed by atoms with E-state index in [4.69, 9.17) is 0 Å². The van der Waals surface area contributed by atoms with E-state index in [0.717, 1.165) is 27.6 Å². The summed E-state index contributed by atoms with van der Waals surface area (Å²) in [7, 11) is 0. The quantitative estimate of drug-likeness (QED) is 0.327. The molecule has 0 heterocycles. The molecule has 0 saturated heterocycles. The fraction of sp³-hybridized carbons (Fsp3) is 0.0370. The molecule has 0 aliphatic heterocycles. The Bertz CT molecular complexity index is 1220. The van der Waals surface area contributed by atoms with Crippen molar-refractivity contribution in [3.05, 3.63) is 126 Å². The maximum Gasteiger partial charge on any atom is 0.264 e. The molecule has 4 heteroatoms. The van der Waals surface area contributed by atoms with Crippen LogP contribution >= 0.6 is 0 Å². The van der Waals surface area contributed by atoms with Crippen molar-refractivity contribution in [1.82, 2.24) is 5.32 Å². The third-order valence-corrected chi connectivity index (χ3v) is 5.04. The summed E-state index contributed by atoms with van der Waals surface area (Å²) in [4.78, 5) is 12.9. The molecule has 0 aliphatic carbocycles. The lowest BCUT2D eigenvalue weighted by atomic mass is 9.98. The second-order valence-corrected chi connectivity index (χ2v) is 7.10. The predicted octanol–water partition coefficient (Wildman–Crippen LogP) is 5.56. The molecule has 0 aliphatic rings. The fourth-order valence-electron chi connectivity index (χ4n) is 3.44. The Morgan fingerprint density at radius 1 is 0.774 bits per heavy atom. The molecule has 0 spiro atoms. The smallest absolute Gasteiger partial charge is 0.264 e. The third kappa shape index (κ3) is 4.80. The number of benzene rings is 4. The zero-order valence-corrected chi connectivity index (χ0v) is 16.8. The van der Waals surface area contributed by atoms with Gasteiger partial charge < -0.3 is 10.6 Å². The largest absolute Gasteiger partial charge is 0.360 e. The Morgan fingerprint density at radius 2 is 1.35 bits per heavy atom. The van der Waals surface area contributed by atoms with Crippen LogP contribution in [-0.2, 0) is 4.79 Å². The maximum atomic E-state index is 12.9. The molecule has 2 N–H and O–H groups in total. The minimum atomic E-state index is -0.437. The monoisotopic (exact) mass is 403 g/mol. The van der Waals surface area contributed by atoms with Crippen molar-refractivity contribution in [3.63, 3.8) is 0 Å².